The van der Waals surface area contributed by atoms with E-state index in [2.05, 4.69) is 15.5 Å². The van der Waals surface area contributed by atoms with Gasteiger partial charge in [-0.1, -0.05) is 6.42 Å². The van der Waals surface area contributed by atoms with Crippen molar-refractivity contribution < 1.29 is 14.7 Å². The van der Waals surface area contributed by atoms with E-state index >= 15 is 0 Å². The van der Waals surface area contributed by atoms with E-state index in [0.29, 0.717) is 6.54 Å². The SMILES string of the molecule is O=C(O)CC1(CNC(=O)NC2CCN(C3CC3)C2)CCC1. The van der Waals surface area contributed by atoms with Crippen molar-refractivity contribution in [1.82, 2.24) is 15.5 Å². The summed E-state index contributed by atoms with van der Waals surface area (Å²) in [6.07, 6.45) is 6.65. The maximum Gasteiger partial charge on any atom is 0.315 e. The topological polar surface area (TPSA) is 81.7 Å². The lowest BCUT2D eigenvalue weighted by Crippen LogP contribution is -2.49. The fourth-order valence-corrected chi connectivity index (χ4v) is 3.59. The van der Waals surface area contributed by atoms with Crippen LogP contribution in [0.25, 0.3) is 0 Å². The Balaban J connectivity index is 1.39. The van der Waals surface area contributed by atoms with E-state index in [-0.39, 0.29) is 23.9 Å². The van der Waals surface area contributed by atoms with Crippen LogP contribution in [0.15, 0.2) is 0 Å². The second kappa shape index (κ2) is 5.83. The lowest BCUT2D eigenvalue weighted by atomic mass is 9.66. The Morgan fingerprint density at radius 2 is 2.00 bits per heavy atom. The quantitative estimate of drug-likeness (QED) is 0.687. The number of amides is 2. The maximum absolute atomic E-state index is 12.0. The molecule has 0 aromatic heterocycles. The highest BCUT2D eigenvalue weighted by atomic mass is 16.4. The number of hydrogen-bond acceptors (Lipinski definition) is 3. The van der Waals surface area contributed by atoms with Gasteiger partial charge in [-0.25, -0.2) is 4.79 Å². The van der Waals surface area contributed by atoms with Crippen molar-refractivity contribution in [2.75, 3.05) is 19.6 Å². The monoisotopic (exact) mass is 295 g/mol. The Kier molecular flexibility index (Phi) is 4.06. The van der Waals surface area contributed by atoms with Crippen LogP contribution >= 0.6 is 0 Å². The molecule has 0 aromatic carbocycles. The normalized spacial score (nSPS) is 27.9. The number of nitrogens with one attached hydrogen (secondary N) is 2. The van der Waals surface area contributed by atoms with Crippen molar-refractivity contribution in [3.8, 4) is 0 Å². The van der Waals surface area contributed by atoms with Gasteiger partial charge in [-0.05, 0) is 37.5 Å². The van der Waals surface area contributed by atoms with Gasteiger partial charge < -0.3 is 15.7 Å². The van der Waals surface area contributed by atoms with Crippen LogP contribution in [-0.2, 0) is 4.79 Å². The van der Waals surface area contributed by atoms with Gasteiger partial charge in [-0.2, -0.15) is 0 Å². The molecule has 2 amide bonds. The van der Waals surface area contributed by atoms with Crippen molar-refractivity contribution in [3.05, 3.63) is 0 Å². The van der Waals surface area contributed by atoms with E-state index < -0.39 is 5.97 Å². The molecule has 3 aliphatic rings. The smallest absolute Gasteiger partial charge is 0.315 e. The van der Waals surface area contributed by atoms with Crippen LogP contribution in [-0.4, -0.2) is 53.7 Å². The van der Waals surface area contributed by atoms with Gasteiger partial charge in [0.15, 0.2) is 0 Å². The van der Waals surface area contributed by atoms with E-state index in [1.54, 1.807) is 0 Å². The van der Waals surface area contributed by atoms with Crippen LogP contribution < -0.4 is 10.6 Å². The predicted octanol–water partition coefficient (Wildman–Crippen LogP) is 1.17. The third-order valence-corrected chi connectivity index (χ3v) is 5.18. The number of aliphatic carboxylic acids is 1. The minimum atomic E-state index is -0.771. The number of carbonyl (C=O) groups excluding carboxylic acids is 1. The molecule has 6 nitrogen and oxygen atoms in total. The summed E-state index contributed by atoms with van der Waals surface area (Å²) in [5.74, 6) is -0.771. The van der Waals surface area contributed by atoms with Gasteiger partial charge in [0.05, 0.1) is 6.42 Å². The minimum absolute atomic E-state index is 0.144. The predicted molar refractivity (Wildman–Crippen MR) is 78.1 cm³/mol. The van der Waals surface area contributed by atoms with Crippen LogP contribution in [0.2, 0.25) is 0 Å². The Hall–Kier alpha value is -1.30. The molecule has 1 unspecified atom stereocenters. The molecule has 21 heavy (non-hydrogen) atoms. The van der Waals surface area contributed by atoms with Crippen molar-refractivity contribution >= 4 is 12.0 Å². The molecule has 118 valence electrons. The summed E-state index contributed by atoms with van der Waals surface area (Å²) in [6.45, 7) is 2.51. The summed E-state index contributed by atoms with van der Waals surface area (Å²) in [6, 6.07) is 0.852. The van der Waals surface area contributed by atoms with E-state index in [9.17, 15) is 9.59 Å². The summed E-state index contributed by atoms with van der Waals surface area (Å²) in [7, 11) is 0. The molecule has 2 aliphatic carbocycles. The molecule has 1 aliphatic heterocycles. The molecule has 1 atom stereocenters. The molecule has 6 heteroatoms. The summed E-state index contributed by atoms with van der Waals surface area (Å²) in [4.78, 5) is 25.3. The van der Waals surface area contributed by atoms with Crippen LogP contribution in [0.4, 0.5) is 4.79 Å². The number of carboxylic acid groups (broad SMARTS) is 1. The Morgan fingerprint density at radius 1 is 1.24 bits per heavy atom. The van der Waals surface area contributed by atoms with Gasteiger partial charge in [0, 0.05) is 31.7 Å². The first-order valence-electron chi connectivity index (χ1n) is 8.07. The van der Waals surface area contributed by atoms with Crippen LogP contribution in [0.3, 0.4) is 0 Å². The zero-order chi connectivity index (χ0) is 14.9. The fraction of sp³-hybridized carbons (Fsp3) is 0.867. The molecular formula is C15H25N3O3. The molecule has 1 saturated heterocycles. The number of carbonyl (C=O) groups is 2. The first kappa shape index (κ1) is 14.6. The second-order valence-corrected chi connectivity index (χ2v) is 6.96. The summed E-state index contributed by atoms with van der Waals surface area (Å²) < 4.78 is 0. The number of hydrogen-bond donors (Lipinski definition) is 3. The zero-order valence-corrected chi connectivity index (χ0v) is 12.4. The van der Waals surface area contributed by atoms with Crippen molar-refractivity contribution in [1.29, 1.82) is 0 Å². The molecule has 2 saturated carbocycles. The fourth-order valence-electron chi connectivity index (χ4n) is 3.59. The molecule has 3 N–H and O–H groups in total. The lowest BCUT2D eigenvalue weighted by Gasteiger charge is -2.40. The number of likely N-dealkylation sites (tertiary alicyclic amines) is 1. The highest BCUT2D eigenvalue weighted by molar-refractivity contribution is 5.74. The molecule has 0 spiro atoms. The largest absolute Gasteiger partial charge is 0.481 e. The van der Waals surface area contributed by atoms with Gasteiger partial charge in [0.2, 0.25) is 0 Å². The van der Waals surface area contributed by atoms with Crippen molar-refractivity contribution in [2.24, 2.45) is 5.41 Å². The van der Waals surface area contributed by atoms with Gasteiger partial charge in [-0.15, -0.1) is 0 Å². The van der Waals surface area contributed by atoms with Crippen molar-refractivity contribution in [3.63, 3.8) is 0 Å². The van der Waals surface area contributed by atoms with Crippen LogP contribution in [0.5, 0.6) is 0 Å². The number of nitrogens with zero attached hydrogens (tertiary/aromatic N) is 1. The summed E-state index contributed by atoms with van der Waals surface area (Å²) in [5, 5.41) is 14.9. The van der Waals surface area contributed by atoms with Gasteiger partial charge in [0.25, 0.3) is 0 Å². The first-order chi connectivity index (χ1) is 10.1. The third-order valence-electron chi connectivity index (χ3n) is 5.18. The van der Waals surface area contributed by atoms with Gasteiger partial charge in [0.1, 0.15) is 0 Å². The Labute approximate surface area is 125 Å². The number of urea groups is 1. The molecule has 0 bridgehead atoms. The average Bonchev–Trinajstić information content (AvgIpc) is 3.13. The van der Waals surface area contributed by atoms with Gasteiger partial charge in [-0.3, -0.25) is 9.69 Å². The number of carboxylic acids is 1. The third kappa shape index (κ3) is 3.67. The van der Waals surface area contributed by atoms with E-state index in [1.165, 1.54) is 12.8 Å². The number of rotatable bonds is 6. The average molecular weight is 295 g/mol. The second-order valence-electron chi connectivity index (χ2n) is 6.96. The minimum Gasteiger partial charge on any atom is -0.481 e. The summed E-state index contributed by atoms with van der Waals surface area (Å²) >= 11 is 0. The Morgan fingerprint density at radius 3 is 2.57 bits per heavy atom. The molecule has 1 heterocycles. The molecule has 3 rings (SSSR count). The highest BCUT2D eigenvalue weighted by Gasteiger charge is 2.39. The Bertz CT molecular complexity index is 418. The highest BCUT2D eigenvalue weighted by Crippen LogP contribution is 2.43. The first-order valence-corrected chi connectivity index (χ1v) is 8.07. The van der Waals surface area contributed by atoms with E-state index in [4.69, 9.17) is 5.11 Å². The molecule has 0 aromatic rings. The molecular weight excluding hydrogens is 270 g/mol. The van der Waals surface area contributed by atoms with E-state index in [0.717, 1.165) is 44.8 Å². The lowest BCUT2D eigenvalue weighted by molar-refractivity contribution is -0.141. The maximum atomic E-state index is 12.0. The van der Waals surface area contributed by atoms with E-state index in [1.807, 2.05) is 0 Å². The zero-order valence-electron chi connectivity index (χ0n) is 12.4. The summed E-state index contributed by atoms with van der Waals surface area (Å²) in [5.41, 5.74) is -0.209. The molecule has 3 fully saturated rings. The van der Waals surface area contributed by atoms with Crippen LogP contribution in [0.1, 0.15) is 44.9 Å². The van der Waals surface area contributed by atoms with Crippen molar-refractivity contribution in [2.45, 2.75) is 57.0 Å². The van der Waals surface area contributed by atoms with Crippen LogP contribution in [0, 0.1) is 5.41 Å². The van der Waals surface area contributed by atoms with Gasteiger partial charge >= 0.3 is 12.0 Å². The standard InChI is InChI=1S/C15H25N3O3/c19-13(20)8-15(5-1-6-15)10-16-14(21)17-11-4-7-18(9-11)12-2-3-12/h11-12H,1-10H2,(H,19,20)(H2,16,17,21). The molecule has 0 radical (unpaired) electrons.